The molecule has 1 saturated carbocycles. The summed E-state index contributed by atoms with van der Waals surface area (Å²) < 4.78 is 0. The van der Waals surface area contributed by atoms with Gasteiger partial charge in [-0.05, 0) is 19.3 Å². The third-order valence-corrected chi connectivity index (χ3v) is 4.52. The van der Waals surface area contributed by atoms with Gasteiger partial charge < -0.3 is 15.5 Å². The first-order valence-corrected chi connectivity index (χ1v) is 7.30. The maximum absolute atomic E-state index is 12.2. The van der Waals surface area contributed by atoms with Crippen LogP contribution in [0.25, 0.3) is 0 Å². The zero-order valence-corrected chi connectivity index (χ0v) is 11.2. The predicted octanol–water partition coefficient (Wildman–Crippen LogP) is 0.673. The van der Waals surface area contributed by atoms with Gasteiger partial charge in [-0.3, -0.25) is 4.79 Å². The minimum Gasteiger partial charge on any atom is -0.346 e. The fraction of sp³-hybridized carbons (Fsp3) is 0.667. The number of carbonyl (C=O) groups is 1. The molecule has 98 valence electrons. The summed E-state index contributed by atoms with van der Waals surface area (Å²) in [7, 11) is 0. The summed E-state index contributed by atoms with van der Waals surface area (Å²) in [4.78, 5) is 20.7. The van der Waals surface area contributed by atoms with Crippen LogP contribution in [0.2, 0.25) is 0 Å². The molecule has 0 bridgehead atoms. The summed E-state index contributed by atoms with van der Waals surface area (Å²) in [6.45, 7) is 3.40. The van der Waals surface area contributed by atoms with Crippen LogP contribution in [0.5, 0.6) is 0 Å². The van der Waals surface area contributed by atoms with Crippen molar-refractivity contribution in [2.75, 3.05) is 31.1 Å². The van der Waals surface area contributed by atoms with Crippen molar-refractivity contribution in [2.24, 2.45) is 5.73 Å². The summed E-state index contributed by atoms with van der Waals surface area (Å²) in [5.74, 6) is 0.142. The largest absolute Gasteiger partial charge is 0.346 e. The van der Waals surface area contributed by atoms with Gasteiger partial charge in [-0.2, -0.15) is 0 Å². The fourth-order valence-electron chi connectivity index (χ4n) is 2.35. The Morgan fingerprint density at radius 1 is 1.33 bits per heavy atom. The van der Waals surface area contributed by atoms with Crippen LogP contribution in [0, 0.1) is 0 Å². The Labute approximate surface area is 111 Å². The van der Waals surface area contributed by atoms with Crippen LogP contribution in [0.3, 0.4) is 0 Å². The maximum Gasteiger partial charge on any atom is 0.242 e. The second-order valence-electron chi connectivity index (χ2n) is 5.10. The second-order valence-corrected chi connectivity index (χ2v) is 5.98. The molecule has 0 unspecified atom stereocenters. The van der Waals surface area contributed by atoms with Crippen LogP contribution in [0.15, 0.2) is 11.6 Å². The molecule has 18 heavy (non-hydrogen) atoms. The lowest BCUT2D eigenvalue weighted by Crippen LogP contribution is -2.47. The van der Waals surface area contributed by atoms with E-state index in [1.54, 1.807) is 11.3 Å². The molecule has 5 nitrogen and oxygen atoms in total. The van der Waals surface area contributed by atoms with Crippen molar-refractivity contribution in [2.45, 2.75) is 24.8 Å². The number of thiazole rings is 1. The normalized spacial score (nSPS) is 22.7. The van der Waals surface area contributed by atoms with E-state index in [0.29, 0.717) is 0 Å². The molecule has 1 aliphatic heterocycles. The zero-order chi connectivity index (χ0) is 12.6. The van der Waals surface area contributed by atoms with Gasteiger partial charge in [0.15, 0.2) is 5.13 Å². The lowest BCUT2D eigenvalue weighted by Gasteiger charge is -2.24. The Morgan fingerprint density at radius 2 is 2.17 bits per heavy atom. The number of hydrogen-bond donors (Lipinski definition) is 1. The van der Waals surface area contributed by atoms with E-state index in [-0.39, 0.29) is 5.91 Å². The highest BCUT2D eigenvalue weighted by molar-refractivity contribution is 7.13. The van der Waals surface area contributed by atoms with Gasteiger partial charge in [0, 0.05) is 37.8 Å². The fourth-order valence-corrected chi connectivity index (χ4v) is 3.04. The van der Waals surface area contributed by atoms with E-state index in [9.17, 15) is 4.79 Å². The summed E-state index contributed by atoms with van der Waals surface area (Å²) in [6.07, 6.45) is 4.51. The Kier molecular flexibility index (Phi) is 2.99. The first-order chi connectivity index (χ1) is 8.69. The lowest BCUT2D eigenvalue weighted by atomic mass is 10.2. The van der Waals surface area contributed by atoms with Crippen LogP contribution in [0.4, 0.5) is 5.13 Å². The number of anilines is 1. The highest BCUT2D eigenvalue weighted by Crippen LogP contribution is 2.34. The van der Waals surface area contributed by atoms with Crippen LogP contribution in [-0.4, -0.2) is 47.5 Å². The van der Waals surface area contributed by atoms with Crippen molar-refractivity contribution in [3.05, 3.63) is 11.6 Å². The molecular weight excluding hydrogens is 248 g/mol. The lowest BCUT2D eigenvalue weighted by molar-refractivity contribution is -0.133. The van der Waals surface area contributed by atoms with Crippen LogP contribution >= 0.6 is 11.3 Å². The first-order valence-electron chi connectivity index (χ1n) is 6.42. The third-order valence-electron chi connectivity index (χ3n) is 3.69. The summed E-state index contributed by atoms with van der Waals surface area (Å²) in [5, 5.41) is 3.04. The van der Waals surface area contributed by atoms with Crippen molar-refractivity contribution in [1.82, 2.24) is 9.88 Å². The Balaban J connectivity index is 1.63. The number of hydrogen-bond acceptors (Lipinski definition) is 5. The quantitative estimate of drug-likeness (QED) is 0.855. The van der Waals surface area contributed by atoms with Gasteiger partial charge in [-0.15, -0.1) is 11.3 Å². The van der Waals surface area contributed by atoms with Crippen LogP contribution in [-0.2, 0) is 4.79 Å². The molecular formula is C12H18N4OS. The van der Waals surface area contributed by atoms with E-state index in [1.807, 2.05) is 16.5 Å². The Morgan fingerprint density at radius 3 is 2.83 bits per heavy atom. The van der Waals surface area contributed by atoms with Gasteiger partial charge in [-0.25, -0.2) is 4.98 Å². The minimum absolute atomic E-state index is 0.142. The van der Waals surface area contributed by atoms with E-state index >= 15 is 0 Å². The number of rotatable bonds is 2. The molecule has 0 aromatic carbocycles. The topological polar surface area (TPSA) is 62.5 Å². The van der Waals surface area contributed by atoms with Gasteiger partial charge in [0.25, 0.3) is 0 Å². The molecule has 1 aromatic rings. The molecule has 1 aromatic heterocycles. The molecule has 1 aliphatic carbocycles. The van der Waals surface area contributed by atoms with E-state index in [2.05, 4.69) is 9.88 Å². The van der Waals surface area contributed by atoms with Crippen molar-refractivity contribution in [1.29, 1.82) is 0 Å². The molecule has 6 heteroatoms. The average Bonchev–Trinajstić information content (AvgIpc) is 2.98. The van der Waals surface area contributed by atoms with Crippen molar-refractivity contribution < 1.29 is 4.79 Å². The van der Waals surface area contributed by atoms with Crippen LogP contribution in [0.1, 0.15) is 19.3 Å². The summed E-state index contributed by atoms with van der Waals surface area (Å²) in [5.41, 5.74) is 5.45. The zero-order valence-electron chi connectivity index (χ0n) is 10.3. The molecule has 2 aliphatic rings. The average molecular weight is 266 g/mol. The van der Waals surface area contributed by atoms with Crippen molar-refractivity contribution >= 4 is 22.4 Å². The molecule has 1 amide bonds. The van der Waals surface area contributed by atoms with Gasteiger partial charge in [0.05, 0.1) is 5.54 Å². The second kappa shape index (κ2) is 4.51. The summed E-state index contributed by atoms with van der Waals surface area (Å²) in [6, 6.07) is 0. The van der Waals surface area contributed by atoms with Gasteiger partial charge in [0.2, 0.25) is 5.91 Å². The maximum atomic E-state index is 12.2. The molecule has 2 fully saturated rings. The first kappa shape index (κ1) is 11.9. The molecule has 3 rings (SSSR count). The Hall–Kier alpha value is -1.14. The molecule has 1 saturated heterocycles. The van der Waals surface area contributed by atoms with E-state index in [4.69, 9.17) is 5.73 Å². The number of carbonyl (C=O) groups excluding carboxylic acids is 1. The van der Waals surface area contributed by atoms with Gasteiger partial charge in [-0.1, -0.05) is 0 Å². The number of nitrogens with two attached hydrogens (primary N) is 1. The monoisotopic (exact) mass is 266 g/mol. The highest BCUT2D eigenvalue weighted by Gasteiger charge is 2.48. The SMILES string of the molecule is NC1(C(=O)N2CCCN(c3nccs3)CC2)CC1. The van der Waals surface area contributed by atoms with Gasteiger partial charge >= 0.3 is 0 Å². The van der Waals surface area contributed by atoms with Gasteiger partial charge in [0.1, 0.15) is 0 Å². The van der Waals surface area contributed by atoms with Crippen molar-refractivity contribution in [3.63, 3.8) is 0 Å². The molecule has 0 radical (unpaired) electrons. The number of nitrogens with zero attached hydrogens (tertiary/aromatic N) is 3. The standard InChI is InChI=1S/C12H18N4OS/c13-12(2-3-12)10(17)15-5-1-6-16(8-7-15)11-14-4-9-18-11/h4,9H,1-3,5-8,13H2. The minimum atomic E-state index is -0.531. The van der Waals surface area contributed by atoms with Crippen LogP contribution < -0.4 is 10.6 Å². The molecule has 0 atom stereocenters. The highest BCUT2D eigenvalue weighted by atomic mass is 32.1. The Bertz CT molecular complexity index is 429. The number of amides is 1. The molecule has 0 spiro atoms. The predicted molar refractivity (Wildman–Crippen MR) is 71.7 cm³/mol. The van der Waals surface area contributed by atoms with E-state index < -0.39 is 5.54 Å². The van der Waals surface area contributed by atoms with E-state index in [1.165, 1.54) is 0 Å². The smallest absolute Gasteiger partial charge is 0.242 e. The molecule has 2 heterocycles. The summed E-state index contributed by atoms with van der Waals surface area (Å²) >= 11 is 1.65. The molecule has 2 N–H and O–H groups in total. The van der Waals surface area contributed by atoms with Crippen molar-refractivity contribution in [3.8, 4) is 0 Å². The third kappa shape index (κ3) is 2.22. The van der Waals surface area contributed by atoms with E-state index in [0.717, 1.165) is 50.6 Å². The number of aromatic nitrogens is 1.